The summed E-state index contributed by atoms with van der Waals surface area (Å²) in [6.07, 6.45) is 6.94. The molecule has 2 unspecified atom stereocenters. The molecule has 3 nitrogen and oxygen atoms in total. The van der Waals surface area contributed by atoms with Crippen molar-refractivity contribution in [3.05, 3.63) is 18.0 Å². The summed E-state index contributed by atoms with van der Waals surface area (Å²) in [7, 11) is 0. The molecule has 0 radical (unpaired) electrons. The highest BCUT2D eigenvalue weighted by Crippen LogP contribution is 2.27. The standard InChI is InChI=1S/C13H23N3S/c1-10(2)16-7-6-11(15-16)9-12(14)13-5-3-4-8-17-13/h6-7,10,12-13H,3-5,8-9,14H2,1-2H3. The van der Waals surface area contributed by atoms with E-state index in [-0.39, 0.29) is 6.04 Å². The first-order chi connectivity index (χ1) is 8.16. The molecule has 0 aliphatic carbocycles. The maximum atomic E-state index is 6.30. The van der Waals surface area contributed by atoms with Crippen LogP contribution in [-0.2, 0) is 6.42 Å². The van der Waals surface area contributed by atoms with E-state index in [2.05, 4.69) is 31.2 Å². The van der Waals surface area contributed by atoms with Gasteiger partial charge in [-0.05, 0) is 38.5 Å². The van der Waals surface area contributed by atoms with Crippen LogP contribution >= 0.6 is 11.8 Å². The second-order valence-electron chi connectivity index (χ2n) is 5.15. The van der Waals surface area contributed by atoms with E-state index in [1.807, 2.05) is 16.4 Å². The van der Waals surface area contributed by atoms with Crippen LogP contribution in [0.25, 0.3) is 0 Å². The van der Waals surface area contributed by atoms with Gasteiger partial charge in [0.25, 0.3) is 0 Å². The van der Waals surface area contributed by atoms with Crippen LogP contribution in [0.15, 0.2) is 12.3 Å². The van der Waals surface area contributed by atoms with E-state index in [0.717, 1.165) is 12.1 Å². The lowest BCUT2D eigenvalue weighted by atomic mass is 10.0. The van der Waals surface area contributed by atoms with Crippen LogP contribution < -0.4 is 5.73 Å². The van der Waals surface area contributed by atoms with Crippen LogP contribution in [-0.4, -0.2) is 26.8 Å². The number of nitrogens with zero attached hydrogens (tertiary/aromatic N) is 2. The number of aromatic nitrogens is 2. The zero-order chi connectivity index (χ0) is 12.3. The van der Waals surface area contributed by atoms with Crippen molar-refractivity contribution in [2.24, 2.45) is 5.73 Å². The molecule has 0 aromatic carbocycles. The zero-order valence-corrected chi connectivity index (χ0v) is 11.6. The van der Waals surface area contributed by atoms with E-state index in [0.29, 0.717) is 11.3 Å². The van der Waals surface area contributed by atoms with Gasteiger partial charge in [0.2, 0.25) is 0 Å². The highest BCUT2D eigenvalue weighted by atomic mass is 32.2. The van der Waals surface area contributed by atoms with Gasteiger partial charge in [0.15, 0.2) is 0 Å². The van der Waals surface area contributed by atoms with Crippen molar-refractivity contribution in [2.75, 3.05) is 5.75 Å². The van der Waals surface area contributed by atoms with Crippen LogP contribution in [0.2, 0.25) is 0 Å². The topological polar surface area (TPSA) is 43.8 Å². The fourth-order valence-electron chi connectivity index (χ4n) is 2.25. The smallest absolute Gasteiger partial charge is 0.0640 e. The Kier molecular flexibility index (Phi) is 4.51. The minimum Gasteiger partial charge on any atom is -0.326 e. The highest BCUT2D eigenvalue weighted by molar-refractivity contribution is 8.00. The van der Waals surface area contributed by atoms with E-state index in [1.54, 1.807) is 0 Å². The molecular weight excluding hydrogens is 230 g/mol. The summed E-state index contributed by atoms with van der Waals surface area (Å²) in [5.41, 5.74) is 7.43. The first-order valence-corrected chi connectivity index (χ1v) is 7.63. The number of hydrogen-bond acceptors (Lipinski definition) is 3. The number of thioether (sulfide) groups is 1. The first kappa shape index (κ1) is 13.0. The summed E-state index contributed by atoms with van der Waals surface area (Å²) in [4.78, 5) is 0. The van der Waals surface area contributed by atoms with Crippen molar-refractivity contribution < 1.29 is 0 Å². The van der Waals surface area contributed by atoms with E-state index in [1.165, 1.54) is 25.0 Å². The van der Waals surface area contributed by atoms with E-state index in [9.17, 15) is 0 Å². The summed E-state index contributed by atoms with van der Waals surface area (Å²) in [5.74, 6) is 1.28. The second-order valence-corrected chi connectivity index (χ2v) is 6.50. The minimum atomic E-state index is 0.260. The largest absolute Gasteiger partial charge is 0.326 e. The molecule has 0 bridgehead atoms. The summed E-state index contributed by atoms with van der Waals surface area (Å²) in [6, 6.07) is 2.80. The van der Waals surface area contributed by atoms with Gasteiger partial charge in [0.05, 0.1) is 5.69 Å². The van der Waals surface area contributed by atoms with Gasteiger partial charge in [-0.3, -0.25) is 4.68 Å². The molecule has 17 heavy (non-hydrogen) atoms. The van der Waals surface area contributed by atoms with Crippen molar-refractivity contribution in [2.45, 2.75) is 56.9 Å². The molecule has 4 heteroatoms. The van der Waals surface area contributed by atoms with Gasteiger partial charge in [0, 0.05) is 30.0 Å². The lowest BCUT2D eigenvalue weighted by Crippen LogP contribution is -2.36. The van der Waals surface area contributed by atoms with Crippen LogP contribution in [0.4, 0.5) is 0 Å². The third kappa shape index (κ3) is 3.49. The lowest BCUT2D eigenvalue weighted by molar-refractivity contribution is 0.513. The maximum Gasteiger partial charge on any atom is 0.0640 e. The molecule has 1 aromatic heterocycles. The Bertz CT molecular complexity index is 342. The quantitative estimate of drug-likeness (QED) is 0.897. The molecule has 2 rings (SSSR count). The fraction of sp³-hybridized carbons (Fsp3) is 0.769. The molecule has 96 valence electrons. The molecule has 1 aliphatic heterocycles. The normalized spacial score (nSPS) is 22.9. The van der Waals surface area contributed by atoms with Crippen molar-refractivity contribution >= 4 is 11.8 Å². The van der Waals surface area contributed by atoms with Crippen LogP contribution in [0.3, 0.4) is 0 Å². The summed E-state index contributed by atoms with van der Waals surface area (Å²) in [6.45, 7) is 4.29. The Hall–Kier alpha value is -0.480. The van der Waals surface area contributed by atoms with Gasteiger partial charge < -0.3 is 5.73 Å². The average Bonchev–Trinajstić information content (AvgIpc) is 2.79. The summed E-state index contributed by atoms with van der Waals surface area (Å²) in [5, 5.41) is 5.20. The average molecular weight is 253 g/mol. The number of hydrogen-bond donors (Lipinski definition) is 1. The van der Waals surface area contributed by atoms with E-state index < -0.39 is 0 Å². The van der Waals surface area contributed by atoms with E-state index >= 15 is 0 Å². The minimum absolute atomic E-state index is 0.260. The maximum absolute atomic E-state index is 6.30. The predicted octanol–water partition coefficient (Wildman–Crippen LogP) is 2.62. The van der Waals surface area contributed by atoms with Crippen LogP contribution in [0, 0.1) is 0 Å². The predicted molar refractivity (Wildman–Crippen MR) is 74.4 cm³/mol. The molecule has 0 amide bonds. The molecule has 1 fully saturated rings. The van der Waals surface area contributed by atoms with Gasteiger partial charge in [-0.1, -0.05) is 6.42 Å². The Balaban J connectivity index is 1.90. The Morgan fingerprint density at radius 3 is 2.94 bits per heavy atom. The van der Waals surface area contributed by atoms with Crippen molar-refractivity contribution in [3.8, 4) is 0 Å². The molecular formula is C13H23N3S. The SMILES string of the molecule is CC(C)n1ccc(CC(N)C2CCCCS2)n1. The van der Waals surface area contributed by atoms with Gasteiger partial charge in [-0.15, -0.1) is 0 Å². The molecule has 0 saturated carbocycles. The van der Waals surface area contributed by atoms with Gasteiger partial charge in [-0.2, -0.15) is 16.9 Å². The van der Waals surface area contributed by atoms with E-state index in [4.69, 9.17) is 5.73 Å². The van der Waals surface area contributed by atoms with Crippen molar-refractivity contribution in [1.29, 1.82) is 0 Å². The number of rotatable bonds is 4. The Labute approximate surface area is 108 Å². The van der Waals surface area contributed by atoms with Crippen LogP contribution in [0.1, 0.15) is 44.8 Å². The highest BCUT2D eigenvalue weighted by Gasteiger charge is 2.22. The molecule has 1 aromatic rings. The lowest BCUT2D eigenvalue weighted by Gasteiger charge is -2.26. The molecule has 0 spiro atoms. The fourth-order valence-corrected chi connectivity index (χ4v) is 3.60. The Morgan fingerprint density at radius 2 is 2.35 bits per heavy atom. The third-order valence-electron chi connectivity index (χ3n) is 3.33. The monoisotopic (exact) mass is 253 g/mol. The van der Waals surface area contributed by atoms with Gasteiger partial charge in [-0.25, -0.2) is 0 Å². The van der Waals surface area contributed by atoms with Crippen molar-refractivity contribution in [1.82, 2.24) is 9.78 Å². The zero-order valence-electron chi connectivity index (χ0n) is 10.8. The molecule has 2 heterocycles. The Morgan fingerprint density at radius 1 is 1.53 bits per heavy atom. The molecule has 1 aliphatic rings. The summed E-state index contributed by atoms with van der Waals surface area (Å²) >= 11 is 2.04. The molecule has 1 saturated heterocycles. The first-order valence-electron chi connectivity index (χ1n) is 6.58. The van der Waals surface area contributed by atoms with Gasteiger partial charge in [0.1, 0.15) is 0 Å². The van der Waals surface area contributed by atoms with Crippen molar-refractivity contribution in [3.63, 3.8) is 0 Å². The molecule has 2 atom stereocenters. The number of nitrogens with two attached hydrogens (primary N) is 1. The van der Waals surface area contributed by atoms with Crippen LogP contribution in [0.5, 0.6) is 0 Å². The summed E-state index contributed by atoms with van der Waals surface area (Å²) < 4.78 is 2.01. The second kappa shape index (κ2) is 5.91. The molecule has 2 N–H and O–H groups in total. The van der Waals surface area contributed by atoms with Gasteiger partial charge >= 0.3 is 0 Å². The third-order valence-corrected chi connectivity index (χ3v) is 4.87.